The van der Waals surface area contributed by atoms with E-state index in [1.807, 2.05) is 5.38 Å². The minimum atomic E-state index is -0.328. The molecule has 26 heavy (non-hydrogen) atoms. The normalized spacial score (nSPS) is 11.6. The highest BCUT2D eigenvalue weighted by Crippen LogP contribution is 2.31. The SMILES string of the molecule is CC(=Cc1sc(-c2nccs2)nc1C(=O)NCc1ccc(F)cc1)CO. The Morgan fingerprint density at radius 1 is 1.31 bits per heavy atom. The third kappa shape index (κ3) is 4.40. The largest absolute Gasteiger partial charge is 0.392 e. The Hall–Kier alpha value is -2.42. The van der Waals surface area contributed by atoms with Crippen LogP contribution in [0.2, 0.25) is 0 Å². The fraction of sp³-hybridized carbons (Fsp3) is 0.167. The third-order valence-electron chi connectivity index (χ3n) is 3.48. The van der Waals surface area contributed by atoms with Gasteiger partial charge in [-0.25, -0.2) is 14.4 Å². The molecule has 134 valence electrons. The van der Waals surface area contributed by atoms with E-state index < -0.39 is 0 Å². The highest BCUT2D eigenvalue weighted by Gasteiger charge is 2.19. The molecule has 0 aliphatic heterocycles. The van der Waals surface area contributed by atoms with Gasteiger partial charge in [0.2, 0.25) is 0 Å². The molecule has 1 amide bonds. The quantitative estimate of drug-likeness (QED) is 0.674. The molecule has 0 saturated carbocycles. The van der Waals surface area contributed by atoms with Crippen molar-refractivity contribution in [3.63, 3.8) is 0 Å². The molecule has 2 aromatic heterocycles. The number of thiazole rings is 2. The fourth-order valence-corrected chi connectivity index (χ4v) is 3.92. The number of aromatic nitrogens is 2. The fourth-order valence-electron chi connectivity index (χ4n) is 2.15. The van der Waals surface area contributed by atoms with Crippen LogP contribution in [0.5, 0.6) is 0 Å². The van der Waals surface area contributed by atoms with Gasteiger partial charge in [0.15, 0.2) is 10.0 Å². The van der Waals surface area contributed by atoms with Gasteiger partial charge >= 0.3 is 0 Å². The van der Waals surface area contributed by atoms with E-state index in [0.717, 1.165) is 16.1 Å². The van der Waals surface area contributed by atoms with Crippen LogP contribution in [0.15, 0.2) is 41.4 Å². The van der Waals surface area contributed by atoms with Gasteiger partial charge in [0.1, 0.15) is 11.5 Å². The maximum absolute atomic E-state index is 13.0. The summed E-state index contributed by atoms with van der Waals surface area (Å²) in [6, 6.07) is 5.94. The van der Waals surface area contributed by atoms with Crippen molar-refractivity contribution in [3.05, 3.63) is 63.4 Å². The molecule has 0 atom stereocenters. The molecule has 0 saturated heterocycles. The summed E-state index contributed by atoms with van der Waals surface area (Å²) in [4.78, 5) is 21.9. The van der Waals surface area contributed by atoms with Gasteiger partial charge in [-0.05, 0) is 36.3 Å². The summed E-state index contributed by atoms with van der Waals surface area (Å²) in [6.07, 6.45) is 3.44. The molecular weight excluding hydrogens is 373 g/mol. The zero-order chi connectivity index (χ0) is 18.5. The van der Waals surface area contributed by atoms with Gasteiger partial charge in [-0.1, -0.05) is 12.1 Å². The number of hydrogen-bond acceptors (Lipinski definition) is 6. The summed E-state index contributed by atoms with van der Waals surface area (Å²) in [6.45, 7) is 1.95. The Bertz CT molecular complexity index is 919. The maximum atomic E-state index is 13.0. The summed E-state index contributed by atoms with van der Waals surface area (Å²) in [5.74, 6) is -0.648. The number of carbonyl (C=O) groups excluding carboxylic acids is 1. The lowest BCUT2D eigenvalue weighted by Gasteiger charge is -2.04. The highest BCUT2D eigenvalue weighted by atomic mass is 32.1. The number of aliphatic hydroxyl groups is 1. The molecule has 0 spiro atoms. The number of benzene rings is 1. The minimum absolute atomic E-state index is 0.0961. The van der Waals surface area contributed by atoms with E-state index in [1.54, 1.807) is 31.3 Å². The van der Waals surface area contributed by atoms with Gasteiger partial charge < -0.3 is 10.4 Å². The van der Waals surface area contributed by atoms with Crippen molar-refractivity contribution in [1.29, 1.82) is 0 Å². The molecule has 0 unspecified atom stereocenters. The first-order valence-electron chi connectivity index (χ1n) is 7.78. The second-order valence-corrected chi connectivity index (χ2v) is 7.45. The number of rotatable bonds is 6. The first-order chi connectivity index (χ1) is 12.6. The summed E-state index contributed by atoms with van der Waals surface area (Å²) in [7, 11) is 0. The molecule has 0 fully saturated rings. The van der Waals surface area contributed by atoms with Crippen molar-refractivity contribution < 1.29 is 14.3 Å². The molecule has 0 aliphatic carbocycles. The van der Waals surface area contributed by atoms with Crippen molar-refractivity contribution in [2.75, 3.05) is 6.61 Å². The van der Waals surface area contributed by atoms with Gasteiger partial charge in [-0.15, -0.1) is 22.7 Å². The number of aliphatic hydroxyl groups excluding tert-OH is 1. The first kappa shape index (κ1) is 18.4. The third-order valence-corrected chi connectivity index (χ3v) is 5.40. The van der Waals surface area contributed by atoms with Gasteiger partial charge in [-0.2, -0.15) is 0 Å². The molecule has 8 heteroatoms. The van der Waals surface area contributed by atoms with Crippen LogP contribution < -0.4 is 5.32 Å². The molecule has 1 aromatic carbocycles. The van der Waals surface area contributed by atoms with Gasteiger partial charge in [0.05, 0.1) is 11.5 Å². The van der Waals surface area contributed by atoms with Crippen molar-refractivity contribution in [1.82, 2.24) is 15.3 Å². The van der Waals surface area contributed by atoms with Crippen LogP contribution in [0.25, 0.3) is 16.1 Å². The summed E-state index contributed by atoms with van der Waals surface area (Å²) in [5.41, 5.74) is 1.81. The standard InChI is InChI=1S/C18H16FN3O2S2/c1-11(10-23)8-14-15(22-18(26-14)17-20-6-7-25-17)16(24)21-9-12-2-4-13(19)5-3-12/h2-8,23H,9-10H2,1H3,(H,21,24). The monoisotopic (exact) mass is 389 g/mol. The Balaban J connectivity index is 1.84. The lowest BCUT2D eigenvalue weighted by molar-refractivity contribution is 0.0946. The van der Waals surface area contributed by atoms with Crippen LogP contribution in [0.1, 0.15) is 27.9 Å². The van der Waals surface area contributed by atoms with E-state index in [9.17, 15) is 14.3 Å². The van der Waals surface area contributed by atoms with Crippen LogP contribution in [-0.4, -0.2) is 27.6 Å². The van der Waals surface area contributed by atoms with E-state index >= 15 is 0 Å². The van der Waals surface area contributed by atoms with Crippen LogP contribution >= 0.6 is 22.7 Å². The van der Waals surface area contributed by atoms with Gasteiger partial charge in [0, 0.05) is 18.1 Å². The maximum Gasteiger partial charge on any atom is 0.271 e. The lowest BCUT2D eigenvalue weighted by Crippen LogP contribution is -2.23. The van der Waals surface area contributed by atoms with E-state index in [-0.39, 0.29) is 30.6 Å². The molecule has 5 nitrogen and oxygen atoms in total. The lowest BCUT2D eigenvalue weighted by atomic mass is 10.2. The molecule has 2 N–H and O–H groups in total. The van der Waals surface area contributed by atoms with E-state index in [4.69, 9.17) is 0 Å². The van der Waals surface area contributed by atoms with Crippen LogP contribution in [0.3, 0.4) is 0 Å². The van der Waals surface area contributed by atoms with Gasteiger partial charge in [0.25, 0.3) is 5.91 Å². The predicted molar refractivity (Wildman–Crippen MR) is 102 cm³/mol. The van der Waals surface area contributed by atoms with E-state index in [2.05, 4.69) is 15.3 Å². The highest BCUT2D eigenvalue weighted by molar-refractivity contribution is 7.21. The number of carbonyl (C=O) groups is 1. The number of nitrogens with one attached hydrogen (secondary N) is 1. The summed E-state index contributed by atoms with van der Waals surface area (Å²) in [5, 5.41) is 15.3. The number of halogens is 1. The van der Waals surface area contributed by atoms with Crippen molar-refractivity contribution in [3.8, 4) is 10.0 Å². The second kappa shape index (κ2) is 8.31. The van der Waals surface area contributed by atoms with Crippen LogP contribution in [-0.2, 0) is 6.54 Å². The first-order valence-corrected chi connectivity index (χ1v) is 9.48. The Labute approximate surface area is 157 Å². The molecule has 0 aliphatic rings. The molecule has 2 heterocycles. The number of hydrogen-bond donors (Lipinski definition) is 2. The molecular formula is C18H16FN3O2S2. The van der Waals surface area contributed by atoms with Crippen molar-refractivity contribution in [2.45, 2.75) is 13.5 Å². The number of nitrogens with zero attached hydrogens (tertiary/aromatic N) is 2. The van der Waals surface area contributed by atoms with E-state index in [0.29, 0.717) is 9.88 Å². The van der Waals surface area contributed by atoms with Gasteiger partial charge in [-0.3, -0.25) is 4.79 Å². The molecule has 0 bridgehead atoms. The smallest absolute Gasteiger partial charge is 0.271 e. The van der Waals surface area contributed by atoms with E-state index in [1.165, 1.54) is 34.8 Å². The molecule has 3 aromatic rings. The Kier molecular flexibility index (Phi) is 5.87. The van der Waals surface area contributed by atoms with Crippen molar-refractivity contribution in [2.24, 2.45) is 0 Å². The topological polar surface area (TPSA) is 75.1 Å². The van der Waals surface area contributed by atoms with Crippen LogP contribution in [0.4, 0.5) is 4.39 Å². The average molecular weight is 389 g/mol. The summed E-state index contributed by atoms with van der Waals surface area (Å²) >= 11 is 2.80. The zero-order valence-corrected chi connectivity index (χ0v) is 15.5. The Morgan fingerprint density at radius 2 is 2.08 bits per heavy atom. The zero-order valence-electron chi connectivity index (χ0n) is 13.9. The van der Waals surface area contributed by atoms with Crippen molar-refractivity contribution >= 4 is 34.7 Å². The average Bonchev–Trinajstić information content (AvgIpc) is 3.30. The number of amides is 1. The summed E-state index contributed by atoms with van der Waals surface area (Å²) < 4.78 is 13.0. The molecule has 3 rings (SSSR count). The minimum Gasteiger partial charge on any atom is -0.392 e. The predicted octanol–water partition coefficient (Wildman–Crippen LogP) is 3.73. The van der Waals surface area contributed by atoms with Crippen LogP contribution in [0, 0.1) is 5.82 Å². The second-order valence-electron chi connectivity index (χ2n) is 5.53. The molecule has 0 radical (unpaired) electrons. The Morgan fingerprint density at radius 3 is 2.73 bits per heavy atom.